The molecule has 3 aliphatic rings. The van der Waals surface area contributed by atoms with E-state index in [-0.39, 0.29) is 6.61 Å². The number of halogens is 1. The van der Waals surface area contributed by atoms with E-state index < -0.39 is 22.4 Å². The van der Waals surface area contributed by atoms with E-state index in [2.05, 4.69) is 26.3 Å². The molecule has 4 heterocycles. The third-order valence-corrected chi connectivity index (χ3v) is 7.91. The smallest absolute Gasteiger partial charge is 0.404 e. The number of hydrogen-bond acceptors (Lipinski definition) is 9. The van der Waals surface area contributed by atoms with Crippen molar-refractivity contribution in [1.82, 2.24) is 19.9 Å². The Kier molecular flexibility index (Phi) is 5.92. The highest BCUT2D eigenvalue weighted by molar-refractivity contribution is 7.85. The maximum atomic E-state index is 12.7. The first-order chi connectivity index (χ1) is 15.9. The van der Waals surface area contributed by atoms with E-state index in [9.17, 15) is 9.00 Å². The Morgan fingerprint density at radius 3 is 2.70 bits per heavy atom. The Morgan fingerprint density at radius 2 is 2.06 bits per heavy atom. The molecule has 1 aliphatic carbocycles. The number of hydrogen-bond donors (Lipinski definition) is 2. The van der Waals surface area contributed by atoms with Gasteiger partial charge in [-0.15, -0.1) is 0 Å². The average molecular weight is 490 g/mol. The Bertz CT molecular complexity index is 1140. The van der Waals surface area contributed by atoms with Crippen LogP contribution in [0.25, 0.3) is 5.57 Å². The van der Waals surface area contributed by atoms with Crippen molar-refractivity contribution in [3.8, 4) is 0 Å². The van der Waals surface area contributed by atoms with Gasteiger partial charge in [0.25, 0.3) is 0 Å². The maximum absolute atomic E-state index is 12.7. The quantitative estimate of drug-likeness (QED) is 0.626. The van der Waals surface area contributed by atoms with Crippen molar-refractivity contribution < 1.29 is 13.7 Å². The molecule has 174 valence electrons. The Morgan fingerprint density at radius 1 is 1.27 bits per heavy atom. The van der Waals surface area contributed by atoms with Gasteiger partial charge in [-0.1, -0.05) is 17.7 Å². The van der Waals surface area contributed by atoms with Crippen LogP contribution in [0.4, 0.5) is 16.6 Å². The van der Waals surface area contributed by atoms with Crippen molar-refractivity contribution in [2.45, 2.75) is 42.5 Å². The fourth-order valence-corrected chi connectivity index (χ4v) is 5.71. The number of anilines is 2. The molecular weight excluding hydrogens is 466 g/mol. The normalized spacial score (nSPS) is 21.1. The lowest BCUT2D eigenvalue weighted by Gasteiger charge is -2.42. The van der Waals surface area contributed by atoms with Crippen LogP contribution >= 0.6 is 11.6 Å². The van der Waals surface area contributed by atoms with Crippen molar-refractivity contribution in [3.63, 3.8) is 0 Å². The summed E-state index contributed by atoms with van der Waals surface area (Å²) >= 11 is 5.89. The number of nitrogens with zero attached hydrogens (tertiary/aromatic N) is 5. The van der Waals surface area contributed by atoms with Gasteiger partial charge in [-0.25, -0.2) is 19.7 Å². The molecule has 0 bridgehead atoms. The molecular formula is C21H24ClN7O3S. The van der Waals surface area contributed by atoms with Crippen LogP contribution in [0, 0.1) is 0 Å². The summed E-state index contributed by atoms with van der Waals surface area (Å²) in [5.41, 5.74) is 6.60. The SMILES string of the molecule is NC(=O)OCC1(Nc2nc(N3CC=C(c4ncc(Cl)cn4)CC3)nc3c2[S@](=O)CC3)CCC1. The molecule has 3 N–H and O–H groups in total. The molecule has 0 aromatic carbocycles. The predicted molar refractivity (Wildman–Crippen MR) is 125 cm³/mol. The molecule has 2 aliphatic heterocycles. The van der Waals surface area contributed by atoms with Crippen molar-refractivity contribution in [1.29, 1.82) is 0 Å². The molecule has 2 aromatic heterocycles. The first kappa shape index (κ1) is 22.0. The van der Waals surface area contributed by atoms with E-state index in [0.29, 0.717) is 52.8 Å². The van der Waals surface area contributed by atoms with Crippen LogP contribution in [0.3, 0.4) is 0 Å². The summed E-state index contributed by atoms with van der Waals surface area (Å²) in [4.78, 5) is 32.0. The minimum Gasteiger partial charge on any atom is -0.447 e. The van der Waals surface area contributed by atoms with Crippen LogP contribution in [0.15, 0.2) is 23.4 Å². The highest BCUT2D eigenvalue weighted by Gasteiger charge is 2.40. The molecule has 1 saturated carbocycles. The van der Waals surface area contributed by atoms with Gasteiger partial charge in [-0.2, -0.15) is 4.98 Å². The van der Waals surface area contributed by atoms with Gasteiger partial charge in [-0.05, 0) is 31.3 Å². The number of aromatic nitrogens is 4. The fourth-order valence-electron chi connectivity index (χ4n) is 4.31. The van der Waals surface area contributed by atoms with Crippen molar-refractivity contribution in [2.75, 3.05) is 35.7 Å². The maximum Gasteiger partial charge on any atom is 0.404 e. The molecule has 5 rings (SSSR count). The number of carbonyl (C=O) groups excluding carboxylic acids is 1. The summed E-state index contributed by atoms with van der Waals surface area (Å²) in [5.74, 6) is 2.36. The third-order valence-electron chi connectivity index (χ3n) is 6.26. The molecule has 10 nitrogen and oxygen atoms in total. The van der Waals surface area contributed by atoms with E-state index in [1.54, 1.807) is 12.4 Å². The predicted octanol–water partition coefficient (Wildman–Crippen LogP) is 2.31. The highest BCUT2D eigenvalue weighted by atomic mass is 35.5. The second-order valence-corrected chi connectivity index (χ2v) is 10.4. The van der Waals surface area contributed by atoms with Crippen molar-refractivity contribution >= 4 is 45.8 Å². The monoisotopic (exact) mass is 489 g/mol. The standard InChI is InChI=1S/C21H24ClN7O3S/c22-14-10-24-17(25-11-14)13-2-7-29(8-3-13)20-26-15-4-9-33(31)16(15)18(27-20)28-21(5-1-6-21)12-32-19(23)30/h2,10-11H,1,3-9,12H2,(H2,23,30)(H,26,27,28)/t33-/m1/s1. The second-order valence-electron chi connectivity index (χ2n) is 8.46. The molecule has 1 amide bonds. The van der Waals surface area contributed by atoms with Gasteiger partial charge in [0.1, 0.15) is 17.3 Å². The molecule has 0 unspecified atom stereocenters. The zero-order chi connectivity index (χ0) is 23.0. The summed E-state index contributed by atoms with van der Waals surface area (Å²) in [7, 11) is -1.16. The summed E-state index contributed by atoms with van der Waals surface area (Å²) in [5, 5.41) is 3.95. The lowest BCUT2D eigenvalue weighted by Crippen LogP contribution is -2.50. The van der Waals surface area contributed by atoms with Gasteiger partial charge in [0.15, 0.2) is 5.82 Å². The minimum atomic E-state index is -1.16. The molecule has 0 radical (unpaired) electrons. The lowest BCUT2D eigenvalue weighted by atomic mass is 9.77. The van der Waals surface area contributed by atoms with E-state index in [1.807, 2.05) is 0 Å². The zero-order valence-electron chi connectivity index (χ0n) is 17.9. The second kappa shape index (κ2) is 8.86. The van der Waals surface area contributed by atoms with Gasteiger partial charge < -0.3 is 20.7 Å². The van der Waals surface area contributed by atoms with E-state index >= 15 is 0 Å². The summed E-state index contributed by atoms with van der Waals surface area (Å²) in [6.45, 7) is 1.47. The molecule has 0 spiro atoms. The van der Waals surface area contributed by atoms with E-state index in [1.165, 1.54) is 0 Å². The number of fused-ring (bicyclic) bond motifs is 1. The number of primary amides is 1. The number of ether oxygens (including phenoxy) is 1. The molecule has 1 atom stereocenters. The zero-order valence-corrected chi connectivity index (χ0v) is 19.5. The Hall–Kier alpha value is -2.79. The van der Waals surface area contributed by atoms with Gasteiger partial charge in [0.05, 0.1) is 27.1 Å². The van der Waals surface area contributed by atoms with Crippen LogP contribution in [-0.4, -0.2) is 61.2 Å². The van der Waals surface area contributed by atoms with Crippen LogP contribution in [0.2, 0.25) is 5.02 Å². The van der Waals surface area contributed by atoms with Crippen molar-refractivity contribution in [3.05, 3.63) is 35.0 Å². The van der Waals surface area contributed by atoms with E-state index in [0.717, 1.165) is 37.0 Å². The molecule has 12 heteroatoms. The van der Waals surface area contributed by atoms with Crippen LogP contribution in [-0.2, 0) is 22.0 Å². The van der Waals surface area contributed by atoms with E-state index in [4.69, 9.17) is 32.0 Å². The minimum absolute atomic E-state index is 0.153. The molecule has 33 heavy (non-hydrogen) atoms. The summed E-state index contributed by atoms with van der Waals surface area (Å²) in [6, 6.07) is 0. The molecule has 1 fully saturated rings. The van der Waals surface area contributed by atoms with Crippen LogP contribution in [0.1, 0.15) is 37.2 Å². The van der Waals surface area contributed by atoms with Gasteiger partial charge >= 0.3 is 6.09 Å². The highest BCUT2D eigenvalue weighted by Crippen LogP contribution is 2.39. The number of amides is 1. The largest absolute Gasteiger partial charge is 0.447 e. The third kappa shape index (κ3) is 4.51. The van der Waals surface area contributed by atoms with Crippen LogP contribution in [0.5, 0.6) is 0 Å². The topological polar surface area (TPSA) is 136 Å². The first-order valence-electron chi connectivity index (χ1n) is 10.8. The fraction of sp³-hybridized carbons (Fsp3) is 0.476. The molecule has 2 aromatic rings. The number of nitrogens with two attached hydrogens (primary N) is 1. The average Bonchev–Trinajstić information content (AvgIpc) is 3.17. The van der Waals surface area contributed by atoms with Crippen LogP contribution < -0.4 is 16.0 Å². The number of aryl methyl sites for hydroxylation is 1. The Balaban J connectivity index is 1.40. The van der Waals surface area contributed by atoms with Crippen molar-refractivity contribution in [2.24, 2.45) is 5.73 Å². The summed E-state index contributed by atoms with van der Waals surface area (Å²) < 4.78 is 17.8. The first-order valence-corrected chi connectivity index (χ1v) is 12.5. The Labute approximate surface area is 198 Å². The number of carbonyl (C=O) groups is 1. The lowest BCUT2D eigenvalue weighted by molar-refractivity contribution is 0.101. The van der Waals surface area contributed by atoms with Gasteiger partial charge in [0.2, 0.25) is 5.95 Å². The summed E-state index contributed by atoms with van der Waals surface area (Å²) in [6.07, 6.45) is 8.48. The number of nitrogens with one attached hydrogen (secondary N) is 1. The molecule has 0 saturated heterocycles. The van der Waals surface area contributed by atoms with Gasteiger partial charge in [0, 0.05) is 37.7 Å². The van der Waals surface area contributed by atoms with Gasteiger partial charge in [-0.3, -0.25) is 4.21 Å². The number of rotatable bonds is 6.